The van der Waals surface area contributed by atoms with Crippen molar-refractivity contribution in [1.82, 2.24) is 10.7 Å². The van der Waals surface area contributed by atoms with Gasteiger partial charge in [0.05, 0.1) is 12.5 Å². The van der Waals surface area contributed by atoms with Gasteiger partial charge in [-0.2, -0.15) is 5.10 Å². The van der Waals surface area contributed by atoms with Gasteiger partial charge < -0.3 is 10.1 Å². The van der Waals surface area contributed by atoms with Crippen LogP contribution in [0.5, 0.6) is 0 Å². The van der Waals surface area contributed by atoms with E-state index in [-0.39, 0.29) is 29.8 Å². The number of nitrogens with one attached hydrogen (secondary N) is 2. The molecule has 26 heavy (non-hydrogen) atoms. The van der Waals surface area contributed by atoms with Crippen molar-refractivity contribution < 1.29 is 14.3 Å². The number of benzene rings is 1. The van der Waals surface area contributed by atoms with Crippen molar-refractivity contribution in [3.8, 4) is 0 Å². The predicted octanol–water partition coefficient (Wildman–Crippen LogP) is 2.78. The molecular formula is C20H29N3O3. The van der Waals surface area contributed by atoms with E-state index < -0.39 is 0 Å². The van der Waals surface area contributed by atoms with E-state index in [0.29, 0.717) is 17.8 Å². The highest BCUT2D eigenvalue weighted by molar-refractivity contribution is 6.01. The average Bonchev–Trinajstić information content (AvgIpc) is 3.11. The van der Waals surface area contributed by atoms with Gasteiger partial charge in [-0.05, 0) is 42.9 Å². The van der Waals surface area contributed by atoms with Gasteiger partial charge in [0.25, 0.3) is 5.91 Å². The third-order valence-corrected chi connectivity index (χ3v) is 4.33. The molecule has 0 radical (unpaired) electrons. The molecule has 1 fully saturated rings. The summed E-state index contributed by atoms with van der Waals surface area (Å²) in [5.41, 5.74) is 4.80. The second-order valence-electron chi connectivity index (χ2n) is 7.73. The molecule has 1 atom stereocenters. The Hall–Kier alpha value is -2.21. The number of hydrogen-bond acceptors (Lipinski definition) is 4. The molecular weight excluding hydrogens is 330 g/mol. The summed E-state index contributed by atoms with van der Waals surface area (Å²) in [5.74, 6) is -0.407. The van der Waals surface area contributed by atoms with Crippen molar-refractivity contribution in [1.29, 1.82) is 0 Å². The molecule has 6 nitrogen and oxygen atoms in total. The molecule has 1 aromatic rings. The monoisotopic (exact) mass is 359 g/mol. The highest BCUT2D eigenvalue weighted by Gasteiger charge is 2.16. The molecule has 0 saturated carbocycles. The fraction of sp³-hybridized carbons (Fsp3) is 0.550. The Morgan fingerprint density at radius 3 is 2.50 bits per heavy atom. The number of hydrazone groups is 1. The van der Waals surface area contributed by atoms with E-state index in [1.54, 1.807) is 19.1 Å². The molecule has 6 heteroatoms. The third-order valence-electron chi connectivity index (χ3n) is 4.33. The maximum Gasteiger partial charge on any atom is 0.271 e. The summed E-state index contributed by atoms with van der Waals surface area (Å²) in [7, 11) is 0. The zero-order valence-electron chi connectivity index (χ0n) is 16.1. The quantitative estimate of drug-likeness (QED) is 0.605. The van der Waals surface area contributed by atoms with E-state index in [0.717, 1.165) is 25.0 Å². The van der Waals surface area contributed by atoms with Gasteiger partial charge in [-0.15, -0.1) is 0 Å². The minimum atomic E-state index is -0.287. The first-order valence-corrected chi connectivity index (χ1v) is 9.08. The second-order valence-corrected chi connectivity index (χ2v) is 7.73. The number of carbonyl (C=O) groups excluding carboxylic acids is 2. The Bertz CT molecular complexity index is 654. The molecule has 1 unspecified atom stereocenters. The van der Waals surface area contributed by atoms with Gasteiger partial charge in [-0.1, -0.05) is 32.9 Å². The molecule has 1 saturated heterocycles. The number of amides is 2. The summed E-state index contributed by atoms with van der Waals surface area (Å²) in [4.78, 5) is 24.1. The summed E-state index contributed by atoms with van der Waals surface area (Å²) >= 11 is 0. The van der Waals surface area contributed by atoms with Crippen molar-refractivity contribution in [2.75, 3.05) is 13.2 Å². The van der Waals surface area contributed by atoms with Crippen LogP contribution in [-0.4, -0.2) is 36.8 Å². The van der Waals surface area contributed by atoms with E-state index in [4.69, 9.17) is 4.74 Å². The molecule has 1 aromatic carbocycles. The third kappa shape index (κ3) is 6.26. The number of hydrogen-bond donors (Lipinski definition) is 2. The van der Waals surface area contributed by atoms with Gasteiger partial charge in [0.15, 0.2) is 0 Å². The average molecular weight is 359 g/mol. The first kappa shape index (κ1) is 20.1. The van der Waals surface area contributed by atoms with Gasteiger partial charge in [0.2, 0.25) is 5.91 Å². The SMILES string of the molecule is CC(CC(=O)NCC1CCCO1)=NNC(=O)c1ccc(C(C)(C)C)cc1. The highest BCUT2D eigenvalue weighted by atomic mass is 16.5. The molecule has 1 aliphatic heterocycles. The molecule has 2 amide bonds. The van der Waals surface area contributed by atoms with Crippen LogP contribution in [0.25, 0.3) is 0 Å². The molecule has 0 bridgehead atoms. The fourth-order valence-corrected chi connectivity index (χ4v) is 2.70. The van der Waals surface area contributed by atoms with Crippen molar-refractivity contribution >= 4 is 17.5 Å². The van der Waals surface area contributed by atoms with Crippen LogP contribution in [-0.2, 0) is 14.9 Å². The van der Waals surface area contributed by atoms with Crippen LogP contribution in [0.1, 0.15) is 62.9 Å². The molecule has 0 aromatic heterocycles. The zero-order valence-corrected chi connectivity index (χ0v) is 16.1. The van der Waals surface area contributed by atoms with Crippen LogP contribution in [0.3, 0.4) is 0 Å². The first-order chi connectivity index (χ1) is 12.3. The van der Waals surface area contributed by atoms with Gasteiger partial charge in [-0.3, -0.25) is 9.59 Å². The Morgan fingerprint density at radius 2 is 1.92 bits per heavy atom. The Balaban J connectivity index is 1.79. The zero-order chi connectivity index (χ0) is 19.2. The fourth-order valence-electron chi connectivity index (χ4n) is 2.70. The summed E-state index contributed by atoms with van der Waals surface area (Å²) < 4.78 is 5.46. The molecule has 2 N–H and O–H groups in total. The highest BCUT2D eigenvalue weighted by Crippen LogP contribution is 2.22. The maximum atomic E-state index is 12.2. The number of ether oxygens (including phenoxy) is 1. The minimum Gasteiger partial charge on any atom is -0.376 e. The lowest BCUT2D eigenvalue weighted by atomic mass is 9.87. The summed E-state index contributed by atoms with van der Waals surface area (Å²) in [6.07, 6.45) is 2.30. The Morgan fingerprint density at radius 1 is 1.23 bits per heavy atom. The van der Waals surface area contributed by atoms with Crippen LogP contribution in [0.15, 0.2) is 29.4 Å². The molecule has 1 aliphatic rings. The topological polar surface area (TPSA) is 79.8 Å². The molecule has 1 heterocycles. The Labute approximate surface area is 155 Å². The number of carbonyl (C=O) groups is 2. The molecule has 0 aliphatic carbocycles. The normalized spacial score (nSPS) is 17.8. The second kappa shape index (κ2) is 8.94. The van der Waals surface area contributed by atoms with Crippen LogP contribution in [0.4, 0.5) is 0 Å². The van der Waals surface area contributed by atoms with Crippen molar-refractivity contribution in [2.45, 2.75) is 58.5 Å². The summed E-state index contributed by atoms with van der Waals surface area (Å²) in [6, 6.07) is 7.47. The standard InChI is InChI=1S/C20H29N3O3/c1-14(12-18(24)21-13-17-6-5-11-26-17)22-23-19(25)15-7-9-16(10-8-15)20(2,3)4/h7-10,17H,5-6,11-13H2,1-4H3,(H,21,24)(H,23,25). The van der Waals surface area contributed by atoms with E-state index in [9.17, 15) is 9.59 Å². The lowest BCUT2D eigenvalue weighted by molar-refractivity contribution is -0.120. The Kier molecular flexibility index (Phi) is 6.91. The van der Waals surface area contributed by atoms with Crippen LogP contribution in [0, 0.1) is 0 Å². The van der Waals surface area contributed by atoms with Crippen LogP contribution < -0.4 is 10.7 Å². The van der Waals surface area contributed by atoms with Gasteiger partial charge in [0, 0.05) is 24.4 Å². The van der Waals surface area contributed by atoms with Gasteiger partial charge in [0.1, 0.15) is 0 Å². The lowest BCUT2D eigenvalue weighted by Crippen LogP contribution is -2.33. The summed E-state index contributed by atoms with van der Waals surface area (Å²) in [6.45, 7) is 9.38. The molecule has 0 spiro atoms. The van der Waals surface area contributed by atoms with Crippen LogP contribution >= 0.6 is 0 Å². The van der Waals surface area contributed by atoms with Crippen LogP contribution in [0.2, 0.25) is 0 Å². The summed E-state index contributed by atoms with van der Waals surface area (Å²) in [5, 5.41) is 6.85. The predicted molar refractivity (Wildman–Crippen MR) is 102 cm³/mol. The molecule has 2 rings (SSSR count). The number of rotatable bonds is 6. The molecule has 142 valence electrons. The van der Waals surface area contributed by atoms with E-state index >= 15 is 0 Å². The van der Waals surface area contributed by atoms with Crippen molar-refractivity contribution in [2.24, 2.45) is 5.10 Å². The van der Waals surface area contributed by atoms with Crippen molar-refractivity contribution in [3.63, 3.8) is 0 Å². The minimum absolute atomic E-state index is 0.0423. The maximum absolute atomic E-state index is 12.2. The van der Waals surface area contributed by atoms with Gasteiger partial charge in [-0.25, -0.2) is 5.43 Å². The smallest absolute Gasteiger partial charge is 0.271 e. The largest absolute Gasteiger partial charge is 0.376 e. The van der Waals surface area contributed by atoms with Gasteiger partial charge >= 0.3 is 0 Å². The van der Waals surface area contributed by atoms with Crippen molar-refractivity contribution in [3.05, 3.63) is 35.4 Å². The van der Waals surface area contributed by atoms with E-state index in [1.807, 2.05) is 12.1 Å². The first-order valence-electron chi connectivity index (χ1n) is 9.08. The van der Waals surface area contributed by atoms with E-state index in [2.05, 4.69) is 36.6 Å². The lowest BCUT2D eigenvalue weighted by Gasteiger charge is -2.18. The van der Waals surface area contributed by atoms with E-state index in [1.165, 1.54) is 0 Å². The number of nitrogens with zero attached hydrogens (tertiary/aromatic N) is 1.